The molecule has 0 saturated carbocycles. The molecule has 0 aliphatic heterocycles. The third-order valence-electron chi connectivity index (χ3n) is 4.28. The van der Waals surface area contributed by atoms with Gasteiger partial charge in [0.2, 0.25) is 5.95 Å². The van der Waals surface area contributed by atoms with Gasteiger partial charge in [-0.1, -0.05) is 38.1 Å². The van der Waals surface area contributed by atoms with Crippen molar-refractivity contribution < 1.29 is 0 Å². The molecular weight excluding hydrogens is 312 g/mol. The van der Waals surface area contributed by atoms with Crippen molar-refractivity contribution in [2.24, 2.45) is 0 Å². The lowest BCUT2D eigenvalue weighted by atomic mass is 10.1. The molecule has 25 heavy (non-hydrogen) atoms. The average molecular weight is 332 g/mol. The van der Waals surface area contributed by atoms with Crippen LogP contribution in [-0.4, -0.2) is 24.6 Å². The zero-order chi connectivity index (χ0) is 17.4. The number of aromatic nitrogens is 5. The predicted molar refractivity (Wildman–Crippen MR) is 98.7 cm³/mol. The molecule has 126 valence electrons. The van der Waals surface area contributed by atoms with Crippen molar-refractivity contribution in [3.63, 3.8) is 0 Å². The lowest BCUT2D eigenvalue weighted by Gasteiger charge is -2.10. The van der Waals surface area contributed by atoms with Crippen molar-refractivity contribution in [3.05, 3.63) is 59.7 Å². The molecule has 0 fully saturated rings. The minimum atomic E-state index is 0.363. The van der Waals surface area contributed by atoms with Gasteiger partial charge in [0.1, 0.15) is 5.82 Å². The van der Waals surface area contributed by atoms with E-state index in [1.807, 2.05) is 31.5 Å². The van der Waals surface area contributed by atoms with Gasteiger partial charge in [0, 0.05) is 23.7 Å². The Bertz CT molecular complexity index is 1050. The van der Waals surface area contributed by atoms with Crippen molar-refractivity contribution in [2.45, 2.75) is 33.2 Å². The second kappa shape index (κ2) is 6.12. The second-order valence-corrected chi connectivity index (χ2v) is 6.43. The van der Waals surface area contributed by atoms with E-state index in [1.54, 1.807) is 4.52 Å². The van der Waals surface area contributed by atoms with Gasteiger partial charge >= 0.3 is 0 Å². The third kappa shape index (κ3) is 2.80. The van der Waals surface area contributed by atoms with E-state index >= 15 is 0 Å². The number of hydrogen-bond donors (Lipinski definition) is 1. The first kappa shape index (κ1) is 15.5. The molecule has 6 heteroatoms. The largest absolute Gasteiger partial charge is 0.350 e. The fourth-order valence-corrected chi connectivity index (χ4v) is 3.01. The lowest BCUT2D eigenvalue weighted by Crippen LogP contribution is -2.10. The summed E-state index contributed by atoms with van der Waals surface area (Å²) in [6, 6.07) is 10.2. The van der Waals surface area contributed by atoms with Gasteiger partial charge < -0.3 is 5.32 Å². The standard InChI is InChI=1S/C19H20N6/c1-12(2)16-11-22-25-18(16)23-13(3)24-19(25)21-10-15-7-4-6-14-8-5-9-20-17(14)15/h4-9,11-12H,10H2,1-3H3,(H,21,23,24). The SMILES string of the molecule is Cc1nc(NCc2cccc3cccnc23)n2ncc(C(C)C)c2n1. The first-order valence-electron chi connectivity index (χ1n) is 8.42. The molecule has 0 unspecified atom stereocenters. The number of anilines is 1. The quantitative estimate of drug-likeness (QED) is 0.617. The van der Waals surface area contributed by atoms with Gasteiger partial charge in [0.25, 0.3) is 0 Å². The summed E-state index contributed by atoms with van der Waals surface area (Å²) < 4.78 is 1.78. The number of hydrogen-bond acceptors (Lipinski definition) is 5. The molecule has 3 heterocycles. The number of rotatable bonds is 4. The topological polar surface area (TPSA) is 68.0 Å². The van der Waals surface area contributed by atoms with Gasteiger partial charge in [0.15, 0.2) is 5.65 Å². The van der Waals surface area contributed by atoms with Crippen LogP contribution in [0.4, 0.5) is 5.95 Å². The molecule has 3 aromatic heterocycles. The summed E-state index contributed by atoms with van der Waals surface area (Å²) in [5, 5.41) is 9.00. The molecule has 1 aromatic carbocycles. The van der Waals surface area contributed by atoms with Crippen LogP contribution in [0.15, 0.2) is 42.7 Å². The summed E-state index contributed by atoms with van der Waals surface area (Å²) in [6.07, 6.45) is 3.69. The summed E-state index contributed by atoms with van der Waals surface area (Å²) >= 11 is 0. The molecule has 0 aliphatic rings. The summed E-state index contributed by atoms with van der Waals surface area (Å²) in [4.78, 5) is 13.6. The number of para-hydroxylation sites is 1. The van der Waals surface area contributed by atoms with Gasteiger partial charge in [-0.2, -0.15) is 14.6 Å². The Hall–Kier alpha value is -3.02. The van der Waals surface area contributed by atoms with E-state index in [-0.39, 0.29) is 0 Å². The molecule has 4 aromatic rings. The number of pyridine rings is 1. The highest BCUT2D eigenvalue weighted by atomic mass is 15.3. The van der Waals surface area contributed by atoms with Gasteiger partial charge in [-0.3, -0.25) is 4.98 Å². The van der Waals surface area contributed by atoms with Crippen LogP contribution in [0.3, 0.4) is 0 Å². The summed E-state index contributed by atoms with van der Waals surface area (Å²) in [6.45, 7) is 6.81. The molecule has 0 amide bonds. The van der Waals surface area contributed by atoms with Gasteiger partial charge in [0.05, 0.1) is 11.7 Å². The Morgan fingerprint density at radius 3 is 2.80 bits per heavy atom. The van der Waals surface area contributed by atoms with E-state index in [1.165, 1.54) is 0 Å². The highest BCUT2D eigenvalue weighted by molar-refractivity contribution is 5.81. The maximum Gasteiger partial charge on any atom is 0.227 e. The maximum absolute atomic E-state index is 4.56. The highest BCUT2D eigenvalue weighted by Gasteiger charge is 2.14. The van der Waals surface area contributed by atoms with Crippen LogP contribution >= 0.6 is 0 Å². The van der Waals surface area contributed by atoms with Crippen LogP contribution in [0, 0.1) is 6.92 Å². The molecule has 0 aliphatic carbocycles. The van der Waals surface area contributed by atoms with Gasteiger partial charge in [-0.25, -0.2) is 4.98 Å². The Kier molecular flexibility index (Phi) is 3.80. The number of benzene rings is 1. The second-order valence-electron chi connectivity index (χ2n) is 6.43. The van der Waals surface area contributed by atoms with Gasteiger partial charge in [-0.05, 0) is 24.5 Å². The Labute approximate surface area is 146 Å². The van der Waals surface area contributed by atoms with E-state index in [0.717, 1.165) is 33.5 Å². The fraction of sp³-hybridized carbons (Fsp3) is 0.263. The molecule has 0 spiro atoms. The first-order chi connectivity index (χ1) is 12.1. The monoisotopic (exact) mass is 332 g/mol. The predicted octanol–water partition coefficient (Wildman–Crippen LogP) is 3.72. The maximum atomic E-state index is 4.56. The molecule has 1 N–H and O–H groups in total. The summed E-state index contributed by atoms with van der Waals surface area (Å²) in [7, 11) is 0. The molecular formula is C19H20N6. The number of fused-ring (bicyclic) bond motifs is 2. The highest BCUT2D eigenvalue weighted by Crippen LogP contribution is 2.22. The molecule has 0 radical (unpaired) electrons. The number of aryl methyl sites for hydroxylation is 1. The van der Waals surface area contributed by atoms with Crippen LogP contribution in [0.25, 0.3) is 16.6 Å². The Morgan fingerprint density at radius 1 is 1.12 bits per heavy atom. The van der Waals surface area contributed by atoms with Crippen molar-refractivity contribution in [1.82, 2.24) is 24.6 Å². The van der Waals surface area contributed by atoms with Crippen LogP contribution < -0.4 is 5.32 Å². The zero-order valence-corrected chi connectivity index (χ0v) is 14.6. The van der Waals surface area contributed by atoms with E-state index in [4.69, 9.17) is 0 Å². The Morgan fingerprint density at radius 2 is 1.96 bits per heavy atom. The van der Waals surface area contributed by atoms with Crippen LogP contribution in [0.2, 0.25) is 0 Å². The zero-order valence-electron chi connectivity index (χ0n) is 14.6. The van der Waals surface area contributed by atoms with Gasteiger partial charge in [-0.15, -0.1) is 0 Å². The molecule has 0 saturated heterocycles. The molecule has 6 nitrogen and oxygen atoms in total. The number of nitrogens with one attached hydrogen (secondary N) is 1. The minimum Gasteiger partial charge on any atom is -0.350 e. The van der Waals surface area contributed by atoms with E-state index in [2.05, 4.69) is 57.4 Å². The Balaban J connectivity index is 1.71. The van der Waals surface area contributed by atoms with Crippen molar-refractivity contribution >= 4 is 22.5 Å². The summed E-state index contributed by atoms with van der Waals surface area (Å²) in [5.74, 6) is 1.79. The van der Waals surface area contributed by atoms with E-state index < -0.39 is 0 Å². The first-order valence-corrected chi connectivity index (χ1v) is 8.42. The minimum absolute atomic E-state index is 0.363. The molecule has 0 bridgehead atoms. The van der Waals surface area contributed by atoms with Crippen LogP contribution in [0.1, 0.15) is 36.7 Å². The number of nitrogens with zero attached hydrogens (tertiary/aromatic N) is 5. The lowest BCUT2D eigenvalue weighted by molar-refractivity contribution is 0.852. The van der Waals surface area contributed by atoms with E-state index in [9.17, 15) is 0 Å². The average Bonchev–Trinajstić information content (AvgIpc) is 3.03. The smallest absolute Gasteiger partial charge is 0.227 e. The van der Waals surface area contributed by atoms with Crippen LogP contribution in [-0.2, 0) is 6.54 Å². The van der Waals surface area contributed by atoms with Crippen molar-refractivity contribution in [2.75, 3.05) is 5.32 Å². The normalized spacial score (nSPS) is 11.5. The molecule has 0 atom stereocenters. The van der Waals surface area contributed by atoms with E-state index in [0.29, 0.717) is 18.4 Å². The fourth-order valence-electron chi connectivity index (χ4n) is 3.01. The van der Waals surface area contributed by atoms with Crippen LogP contribution in [0.5, 0.6) is 0 Å². The third-order valence-corrected chi connectivity index (χ3v) is 4.28. The molecule has 4 rings (SSSR count). The van der Waals surface area contributed by atoms with Crippen molar-refractivity contribution in [3.8, 4) is 0 Å². The summed E-state index contributed by atoms with van der Waals surface area (Å²) in [5.41, 5.74) is 4.11. The van der Waals surface area contributed by atoms with Crippen molar-refractivity contribution in [1.29, 1.82) is 0 Å².